The molecular formula is C10H14O2S2. The predicted octanol–water partition coefficient (Wildman–Crippen LogP) is 3.37. The molecule has 0 aliphatic carbocycles. The molecular weight excluding hydrogens is 216 g/mol. The highest BCUT2D eigenvalue weighted by molar-refractivity contribution is 8.00. The van der Waals surface area contributed by atoms with Gasteiger partial charge in [-0.15, -0.1) is 23.1 Å². The van der Waals surface area contributed by atoms with Gasteiger partial charge in [0.2, 0.25) is 0 Å². The molecule has 0 amide bonds. The van der Waals surface area contributed by atoms with E-state index in [9.17, 15) is 4.79 Å². The van der Waals surface area contributed by atoms with Crippen LogP contribution in [0.3, 0.4) is 0 Å². The summed E-state index contributed by atoms with van der Waals surface area (Å²) in [5.41, 5.74) is 0.974. The van der Waals surface area contributed by atoms with E-state index in [1.807, 2.05) is 12.3 Å². The quantitative estimate of drug-likeness (QED) is 0.806. The summed E-state index contributed by atoms with van der Waals surface area (Å²) in [6, 6.07) is 2.00. The van der Waals surface area contributed by atoms with Gasteiger partial charge in [0.15, 0.2) is 0 Å². The molecule has 1 aromatic rings. The molecule has 0 radical (unpaired) electrons. The lowest BCUT2D eigenvalue weighted by molar-refractivity contribution is 0.0701. The molecule has 0 aromatic carbocycles. The molecule has 0 atom stereocenters. The highest BCUT2D eigenvalue weighted by atomic mass is 32.2. The van der Waals surface area contributed by atoms with Crippen LogP contribution < -0.4 is 0 Å². The summed E-state index contributed by atoms with van der Waals surface area (Å²) in [7, 11) is 0. The van der Waals surface area contributed by atoms with Crippen LogP contribution in [-0.2, 0) is 6.42 Å². The van der Waals surface area contributed by atoms with Crippen molar-refractivity contribution in [1.82, 2.24) is 0 Å². The third-order valence-electron chi connectivity index (χ3n) is 1.81. The molecule has 1 heterocycles. The van der Waals surface area contributed by atoms with Gasteiger partial charge < -0.3 is 5.11 Å². The molecule has 0 aliphatic heterocycles. The number of carboxylic acid groups (broad SMARTS) is 1. The van der Waals surface area contributed by atoms with Crippen LogP contribution in [0.15, 0.2) is 10.3 Å². The van der Waals surface area contributed by atoms with Crippen molar-refractivity contribution in [1.29, 1.82) is 0 Å². The van der Waals surface area contributed by atoms with Gasteiger partial charge in [-0.25, -0.2) is 4.79 Å². The number of hydrogen-bond donors (Lipinski definition) is 1. The second-order valence-corrected chi connectivity index (χ2v) is 5.69. The number of hydrogen-bond acceptors (Lipinski definition) is 3. The fraction of sp³-hybridized carbons (Fsp3) is 0.500. The lowest BCUT2D eigenvalue weighted by Crippen LogP contribution is -2.00. The van der Waals surface area contributed by atoms with Crippen molar-refractivity contribution in [2.75, 3.05) is 6.26 Å². The van der Waals surface area contributed by atoms with Crippen molar-refractivity contribution < 1.29 is 9.90 Å². The van der Waals surface area contributed by atoms with E-state index in [0.717, 1.165) is 16.2 Å². The van der Waals surface area contributed by atoms with E-state index < -0.39 is 5.97 Å². The maximum atomic E-state index is 10.9. The SMILES string of the molecule is CSc1cc(CC(C)C)c(C(=O)O)s1. The normalized spacial score (nSPS) is 10.9. The lowest BCUT2D eigenvalue weighted by Gasteiger charge is -2.02. The molecule has 78 valence electrons. The fourth-order valence-electron chi connectivity index (χ4n) is 1.28. The van der Waals surface area contributed by atoms with Crippen LogP contribution in [0.1, 0.15) is 29.1 Å². The molecule has 0 aliphatic rings. The largest absolute Gasteiger partial charge is 0.477 e. The Labute approximate surface area is 92.3 Å². The highest BCUT2D eigenvalue weighted by Gasteiger charge is 2.15. The molecule has 0 saturated carbocycles. The summed E-state index contributed by atoms with van der Waals surface area (Å²) in [5, 5.41) is 8.99. The van der Waals surface area contributed by atoms with Crippen molar-refractivity contribution in [3.8, 4) is 0 Å². The number of thiophene rings is 1. The minimum atomic E-state index is -0.800. The van der Waals surface area contributed by atoms with Crippen LogP contribution in [0, 0.1) is 5.92 Å². The van der Waals surface area contributed by atoms with Crippen molar-refractivity contribution in [2.24, 2.45) is 5.92 Å². The average Bonchev–Trinajstić information content (AvgIpc) is 2.46. The Morgan fingerprint density at radius 2 is 2.29 bits per heavy atom. The van der Waals surface area contributed by atoms with Crippen LogP contribution in [0.5, 0.6) is 0 Å². The molecule has 1 aromatic heterocycles. The van der Waals surface area contributed by atoms with Crippen LogP contribution >= 0.6 is 23.1 Å². The summed E-state index contributed by atoms with van der Waals surface area (Å²) in [4.78, 5) is 11.4. The number of rotatable bonds is 4. The number of carboxylic acids is 1. The van der Waals surface area contributed by atoms with Gasteiger partial charge in [0, 0.05) is 0 Å². The summed E-state index contributed by atoms with van der Waals surface area (Å²) in [5.74, 6) is -0.302. The van der Waals surface area contributed by atoms with Gasteiger partial charge in [-0.05, 0) is 30.2 Å². The van der Waals surface area contributed by atoms with Crippen LogP contribution in [-0.4, -0.2) is 17.3 Å². The Morgan fingerprint density at radius 1 is 1.64 bits per heavy atom. The molecule has 1 rings (SSSR count). The van der Waals surface area contributed by atoms with Gasteiger partial charge in [-0.1, -0.05) is 13.8 Å². The molecule has 0 unspecified atom stereocenters. The zero-order valence-corrected chi connectivity index (χ0v) is 10.2. The molecule has 0 fully saturated rings. The predicted molar refractivity (Wildman–Crippen MR) is 61.6 cm³/mol. The lowest BCUT2D eigenvalue weighted by atomic mass is 10.0. The smallest absolute Gasteiger partial charge is 0.346 e. The van der Waals surface area contributed by atoms with Gasteiger partial charge in [-0.3, -0.25) is 0 Å². The Hall–Kier alpha value is -0.480. The molecule has 0 bridgehead atoms. The molecule has 2 nitrogen and oxygen atoms in total. The highest BCUT2D eigenvalue weighted by Crippen LogP contribution is 2.30. The Morgan fingerprint density at radius 3 is 2.71 bits per heavy atom. The van der Waals surface area contributed by atoms with Gasteiger partial charge in [0.05, 0.1) is 4.21 Å². The summed E-state index contributed by atoms with van der Waals surface area (Å²) in [6.07, 6.45) is 2.81. The second kappa shape index (κ2) is 4.84. The van der Waals surface area contributed by atoms with E-state index in [1.54, 1.807) is 11.8 Å². The first-order chi connectivity index (χ1) is 6.54. The monoisotopic (exact) mass is 230 g/mol. The van der Waals surface area contributed by atoms with E-state index in [1.165, 1.54) is 11.3 Å². The number of thioether (sulfide) groups is 1. The fourth-order valence-corrected chi connectivity index (χ4v) is 2.88. The van der Waals surface area contributed by atoms with Crippen molar-refractivity contribution in [3.05, 3.63) is 16.5 Å². The zero-order chi connectivity index (χ0) is 10.7. The van der Waals surface area contributed by atoms with E-state index in [0.29, 0.717) is 10.8 Å². The van der Waals surface area contributed by atoms with E-state index in [2.05, 4.69) is 13.8 Å². The third-order valence-corrected chi connectivity index (χ3v) is 4.04. The molecule has 1 N–H and O–H groups in total. The maximum Gasteiger partial charge on any atom is 0.346 e. The van der Waals surface area contributed by atoms with Crippen molar-refractivity contribution in [2.45, 2.75) is 24.5 Å². The van der Waals surface area contributed by atoms with Crippen LogP contribution in [0.2, 0.25) is 0 Å². The molecule has 0 spiro atoms. The number of aromatic carboxylic acids is 1. The second-order valence-electron chi connectivity index (χ2n) is 3.53. The summed E-state index contributed by atoms with van der Waals surface area (Å²) >= 11 is 2.98. The summed E-state index contributed by atoms with van der Waals surface area (Å²) in [6.45, 7) is 4.20. The van der Waals surface area contributed by atoms with E-state index in [-0.39, 0.29) is 0 Å². The van der Waals surface area contributed by atoms with Gasteiger partial charge in [-0.2, -0.15) is 0 Å². The third kappa shape index (κ3) is 2.75. The van der Waals surface area contributed by atoms with Gasteiger partial charge >= 0.3 is 5.97 Å². The summed E-state index contributed by atoms with van der Waals surface area (Å²) < 4.78 is 1.08. The average molecular weight is 230 g/mol. The minimum Gasteiger partial charge on any atom is -0.477 e. The first-order valence-corrected chi connectivity index (χ1v) is 6.48. The molecule has 14 heavy (non-hydrogen) atoms. The zero-order valence-electron chi connectivity index (χ0n) is 8.53. The first kappa shape index (κ1) is 11.6. The van der Waals surface area contributed by atoms with E-state index in [4.69, 9.17) is 5.11 Å². The Balaban J connectivity index is 2.99. The van der Waals surface area contributed by atoms with Crippen molar-refractivity contribution >= 4 is 29.1 Å². The van der Waals surface area contributed by atoms with Gasteiger partial charge in [0.25, 0.3) is 0 Å². The first-order valence-electron chi connectivity index (χ1n) is 4.44. The molecule has 4 heteroatoms. The Kier molecular flexibility index (Phi) is 4.01. The van der Waals surface area contributed by atoms with Gasteiger partial charge in [0.1, 0.15) is 4.88 Å². The number of carbonyl (C=O) groups is 1. The van der Waals surface area contributed by atoms with Crippen LogP contribution in [0.4, 0.5) is 0 Å². The standard InChI is InChI=1S/C10H14O2S2/c1-6(2)4-7-5-8(13-3)14-9(7)10(11)12/h5-6H,4H2,1-3H3,(H,11,12). The maximum absolute atomic E-state index is 10.9. The van der Waals surface area contributed by atoms with Crippen LogP contribution in [0.25, 0.3) is 0 Å². The minimum absolute atomic E-state index is 0.498. The van der Waals surface area contributed by atoms with Crippen molar-refractivity contribution in [3.63, 3.8) is 0 Å². The topological polar surface area (TPSA) is 37.3 Å². The molecule has 0 saturated heterocycles. The Bertz CT molecular complexity index is 329. The van der Waals surface area contributed by atoms with E-state index >= 15 is 0 Å².